The molecule has 6 heteroatoms. The molecule has 0 aliphatic rings. The van der Waals surface area contributed by atoms with Gasteiger partial charge in [0.25, 0.3) is 0 Å². The second-order valence-corrected chi connectivity index (χ2v) is 4.45. The number of aromatic nitrogens is 2. The lowest BCUT2D eigenvalue weighted by atomic mass is 10.2. The Balaban J connectivity index is 2.17. The fraction of sp³-hybridized carbons (Fsp3) is 0. The zero-order valence-corrected chi connectivity index (χ0v) is 10.6. The summed E-state index contributed by atoms with van der Waals surface area (Å²) in [6, 6.07) is 6.54. The van der Waals surface area contributed by atoms with Gasteiger partial charge in [-0.1, -0.05) is 0 Å². The second kappa shape index (κ2) is 3.99. The van der Waals surface area contributed by atoms with E-state index in [1.807, 2.05) is 0 Å². The maximum atomic E-state index is 10.9. The lowest BCUT2D eigenvalue weighted by molar-refractivity contribution is 0.0697. The number of imidazole rings is 1. The fourth-order valence-electron chi connectivity index (χ4n) is 1.73. The van der Waals surface area contributed by atoms with E-state index < -0.39 is 5.97 Å². The van der Waals surface area contributed by atoms with Crippen LogP contribution < -0.4 is 0 Å². The molecule has 1 aromatic carbocycles. The molecule has 0 aliphatic heterocycles. The van der Waals surface area contributed by atoms with Crippen molar-refractivity contribution in [2.45, 2.75) is 0 Å². The number of carboxylic acids is 1. The molecule has 3 aromatic rings. The van der Waals surface area contributed by atoms with Gasteiger partial charge >= 0.3 is 5.97 Å². The highest BCUT2D eigenvalue weighted by Crippen LogP contribution is 2.28. The standard InChI is InChI=1S/C12H7BrN2O3/c13-10-7(3-4-18-10)11-14-8-2-1-6(12(16)17)5-9(8)15-11/h1-5H,(H,14,15)(H,16,17). The van der Waals surface area contributed by atoms with Gasteiger partial charge in [-0.2, -0.15) is 0 Å². The number of nitrogens with one attached hydrogen (secondary N) is 1. The van der Waals surface area contributed by atoms with Gasteiger partial charge in [-0.15, -0.1) is 0 Å². The molecule has 0 fully saturated rings. The van der Waals surface area contributed by atoms with Crippen LogP contribution in [0.25, 0.3) is 22.4 Å². The van der Waals surface area contributed by atoms with Crippen molar-refractivity contribution in [1.29, 1.82) is 0 Å². The number of aromatic carboxylic acids is 1. The summed E-state index contributed by atoms with van der Waals surface area (Å²) >= 11 is 3.28. The van der Waals surface area contributed by atoms with Crippen molar-refractivity contribution in [3.05, 3.63) is 40.8 Å². The van der Waals surface area contributed by atoms with Gasteiger partial charge in [-0.25, -0.2) is 9.78 Å². The number of carboxylic acid groups (broad SMARTS) is 1. The number of halogens is 1. The molecule has 2 N–H and O–H groups in total. The Hall–Kier alpha value is -2.08. The molecular weight excluding hydrogens is 300 g/mol. The highest BCUT2D eigenvalue weighted by Gasteiger charge is 2.12. The van der Waals surface area contributed by atoms with Crippen LogP contribution in [0, 0.1) is 0 Å². The van der Waals surface area contributed by atoms with Gasteiger partial charge in [0.1, 0.15) is 5.82 Å². The molecule has 0 spiro atoms. The third kappa shape index (κ3) is 1.70. The number of furan rings is 1. The van der Waals surface area contributed by atoms with Gasteiger partial charge in [-0.05, 0) is 40.2 Å². The number of aromatic amines is 1. The van der Waals surface area contributed by atoms with E-state index in [1.54, 1.807) is 24.5 Å². The van der Waals surface area contributed by atoms with Crippen LogP contribution in [0.5, 0.6) is 0 Å². The Kier molecular flexibility index (Phi) is 2.45. The molecular formula is C12H7BrN2O3. The first-order chi connectivity index (χ1) is 8.65. The van der Waals surface area contributed by atoms with Crippen molar-refractivity contribution in [1.82, 2.24) is 9.97 Å². The lowest BCUT2D eigenvalue weighted by Gasteiger charge is -1.92. The largest absolute Gasteiger partial charge is 0.478 e. The third-order valence-electron chi connectivity index (χ3n) is 2.60. The number of rotatable bonds is 2. The molecule has 0 amide bonds. The lowest BCUT2D eigenvalue weighted by Crippen LogP contribution is -1.94. The molecule has 5 nitrogen and oxygen atoms in total. The van der Waals surface area contributed by atoms with E-state index >= 15 is 0 Å². The minimum absolute atomic E-state index is 0.226. The Labute approximate surface area is 110 Å². The van der Waals surface area contributed by atoms with Crippen molar-refractivity contribution in [2.24, 2.45) is 0 Å². The van der Waals surface area contributed by atoms with E-state index in [4.69, 9.17) is 9.52 Å². The van der Waals surface area contributed by atoms with Gasteiger partial charge in [0.15, 0.2) is 4.67 Å². The number of H-pyrrole nitrogens is 1. The Morgan fingerprint density at radius 1 is 1.39 bits per heavy atom. The zero-order chi connectivity index (χ0) is 12.7. The van der Waals surface area contributed by atoms with E-state index in [0.29, 0.717) is 21.5 Å². The van der Waals surface area contributed by atoms with Crippen LogP contribution in [-0.4, -0.2) is 21.0 Å². The van der Waals surface area contributed by atoms with Gasteiger partial charge in [0, 0.05) is 0 Å². The maximum absolute atomic E-state index is 10.9. The first-order valence-electron chi connectivity index (χ1n) is 5.11. The maximum Gasteiger partial charge on any atom is 0.335 e. The molecule has 0 unspecified atom stereocenters. The summed E-state index contributed by atoms with van der Waals surface area (Å²) < 4.78 is 5.72. The number of hydrogen-bond acceptors (Lipinski definition) is 3. The van der Waals surface area contributed by atoms with E-state index in [9.17, 15) is 4.79 Å². The number of nitrogens with zero attached hydrogens (tertiary/aromatic N) is 1. The SMILES string of the molecule is O=C(O)c1ccc2nc(-c3ccoc3Br)[nH]c2c1. The minimum Gasteiger partial charge on any atom is -0.478 e. The molecule has 0 saturated heterocycles. The molecule has 90 valence electrons. The first kappa shape index (κ1) is 11.0. The van der Waals surface area contributed by atoms with Crippen LogP contribution in [0.1, 0.15) is 10.4 Å². The summed E-state index contributed by atoms with van der Waals surface area (Å²) in [7, 11) is 0. The molecule has 3 rings (SSSR count). The molecule has 2 aromatic heterocycles. The number of benzene rings is 1. The van der Waals surface area contributed by atoms with Gasteiger partial charge < -0.3 is 14.5 Å². The van der Waals surface area contributed by atoms with E-state index in [0.717, 1.165) is 5.56 Å². The minimum atomic E-state index is -0.961. The van der Waals surface area contributed by atoms with E-state index in [-0.39, 0.29) is 5.56 Å². The number of fused-ring (bicyclic) bond motifs is 1. The summed E-state index contributed by atoms with van der Waals surface area (Å²) in [6.45, 7) is 0. The smallest absolute Gasteiger partial charge is 0.335 e. The van der Waals surface area contributed by atoms with Crippen molar-refractivity contribution in [2.75, 3.05) is 0 Å². The Bertz CT molecular complexity index is 745. The first-order valence-corrected chi connectivity index (χ1v) is 5.91. The summed E-state index contributed by atoms with van der Waals surface area (Å²) in [5.74, 6) is -0.328. The van der Waals surface area contributed by atoms with Crippen LogP contribution in [0.2, 0.25) is 0 Å². The highest BCUT2D eigenvalue weighted by molar-refractivity contribution is 9.10. The van der Waals surface area contributed by atoms with Crippen molar-refractivity contribution >= 4 is 32.9 Å². The highest BCUT2D eigenvalue weighted by atomic mass is 79.9. The van der Waals surface area contributed by atoms with Crippen LogP contribution in [0.3, 0.4) is 0 Å². The topological polar surface area (TPSA) is 79.1 Å². The van der Waals surface area contributed by atoms with Crippen molar-refractivity contribution in [3.63, 3.8) is 0 Å². The predicted molar refractivity (Wildman–Crippen MR) is 68.5 cm³/mol. The predicted octanol–water partition coefficient (Wildman–Crippen LogP) is 3.28. The quantitative estimate of drug-likeness (QED) is 0.761. The summed E-state index contributed by atoms with van der Waals surface area (Å²) in [4.78, 5) is 18.3. The van der Waals surface area contributed by atoms with Crippen molar-refractivity contribution < 1.29 is 14.3 Å². The zero-order valence-electron chi connectivity index (χ0n) is 8.98. The van der Waals surface area contributed by atoms with E-state index in [2.05, 4.69) is 25.9 Å². The average Bonchev–Trinajstić information content (AvgIpc) is 2.92. The molecule has 18 heavy (non-hydrogen) atoms. The molecule has 2 heterocycles. The third-order valence-corrected chi connectivity index (χ3v) is 3.22. The Morgan fingerprint density at radius 3 is 2.89 bits per heavy atom. The average molecular weight is 307 g/mol. The molecule has 0 atom stereocenters. The second-order valence-electron chi connectivity index (χ2n) is 3.73. The van der Waals surface area contributed by atoms with Crippen LogP contribution in [0.15, 0.2) is 39.6 Å². The van der Waals surface area contributed by atoms with Gasteiger partial charge in [-0.3, -0.25) is 0 Å². The van der Waals surface area contributed by atoms with Gasteiger partial charge in [0.2, 0.25) is 0 Å². The van der Waals surface area contributed by atoms with Crippen LogP contribution in [-0.2, 0) is 0 Å². The Morgan fingerprint density at radius 2 is 2.22 bits per heavy atom. The molecule has 0 saturated carbocycles. The summed E-state index contributed by atoms with van der Waals surface area (Å²) in [6.07, 6.45) is 1.55. The summed E-state index contributed by atoms with van der Waals surface area (Å²) in [5, 5.41) is 8.92. The number of carbonyl (C=O) groups is 1. The number of hydrogen-bond donors (Lipinski definition) is 2. The normalized spacial score (nSPS) is 10.9. The van der Waals surface area contributed by atoms with Crippen molar-refractivity contribution in [3.8, 4) is 11.4 Å². The monoisotopic (exact) mass is 306 g/mol. The molecule has 0 bridgehead atoms. The van der Waals surface area contributed by atoms with E-state index in [1.165, 1.54) is 6.07 Å². The van der Waals surface area contributed by atoms with Crippen LogP contribution >= 0.6 is 15.9 Å². The summed E-state index contributed by atoms with van der Waals surface area (Å²) in [5.41, 5.74) is 2.41. The molecule has 0 radical (unpaired) electrons. The fourth-order valence-corrected chi connectivity index (χ4v) is 2.16. The van der Waals surface area contributed by atoms with Crippen LogP contribution in [0.4, 0.5) is 0 Å². The van der Waals surface area contributed by atoms with Gasteiger partial charge in [0.05, 0.1) is 28.4 Å². The molecule has 0 aliphatic carbocycles.